The SMILES string of the molecule is CCCc1c(C)c(-c2ccc(C(C)C)nc2CC)nc2c(C)c[nH]c12. The summed E-state index contributed by atoms with van der Waals surface area (Å²) in [6.07, 6.45) is 5.19. The summed E-state index contributed by atoms with van der Waals surface area (Å²) in [5, 5.41) is 0. The van der Waals surface area contributed by atoms with E-state index >= 15 is 0 Å². The van der Waals surface area contributed by atoms with Crippen LogP contribution in [0.15, 0.2) is 18.3 Å². The molecule has 0 spiro atoms. The van der Waals surface area contributed by atoms with Crippen LogP contribution in [-0.4, -0.2) is 15.0 Å². The fraction of sp³-hybridized carbons (Fsp3) is 0.455. The highest BCUT2D eigenvalue weighted by Crippen LogP contribution is 2.33. The number of aromatic nitrogens is 3. The Hall–Kier alpha value is -2.16. The Bertz CT molecular complexity index is 903. The topological polar surface area (TPSA) is 41.6 Å². The van der Waals surface area contributed by atoms with Crippen LogP contribution in [0.4, 0.5) is 0 Å². The summed E-state index contributed by atoms with van der Waals surface area (Å²) in [5.41, 5.74) is 10.8. The smallest absolute Gasteiger partial charge is 0.0918 e. The van der Waals surface area contributed by atoms with E-state index in [0.29, 0.717) is 5.92 Å². The molecule has 132 valence electrons. The Morgan fingerprint density at radius 1 is 1.08 bits per heavy atom. The van der Waals surface area contributed by atoms with Crippen molar-refractivity contribution < 1.29 is 0 Å². The molecule has 3 heterocycles. The van der Waals surface area contributed by atoms with E-state index < -0.39 is 0 Å². The third kappa shape index (κ3) is 3.08. The van der Waals surface area contributed by atoms with Crippen LogP contribution >= 0.6 is 0 Å². The Kier molecular flexibility index (Phi) is 4.94. The van der Waals surface area contributed by atoms with E-state index in [9.17, 15) is 0 Å². The van der Waals surface area contributed by atoms with E-state index in [1.807, 2.05) is 0 Å². The van der Waals surface area contributed by atoms with Gasteiger partial charge < -0.3 is 4.98 Å². The maximum Gasteiger partial charge on any atom is 0.0918 e. The van der Waals surface area contributed by atoms with E-state index in [4.69, 9.17) is 9.97 Å². The van der Waals surface area contributed by atoms with Crippen molar-refractivity contribution in [2.75, 3.05) is 0 Å². The Morgan fingerprint density at radius 2 is 1.84 bits per heavy atom. The van der Waals surface area contributed by atoms with Crippen molar-refractivity contribution in [1.82, 2.24) is 15.0 Å². The van der Waals surface area contributed by atoms with Crippen LogP contribution in [0.25, 0.3) is 22.3 Å². The van der Waals surface area contributed by atoms with Crippen LogP contribution in [0.3, 0.4) is 0 Å². The van der Waals surface area contributed by atoms with Gasteiger partial charge in [0, 0.05) is 23.1 Å². The van der Waals surface area contributed by atoms with Crippen LogP contribution in [0, 0.1) is 13.8 Å². The molecule has 0 fully saturated rings. The molecule has 0 amide bonds. The zero-order valence-corrected chi connectivity index (χ0v) is 16.3. The third-order valence-electron chi connectivity index (χ3n) is 5.05. The number of nitrogens with zero attached hydrogens (tertiary/aromatic N) is 2. The van der Waals surface area contributed by atoms with Crippen LogP contribution in [-0.2, 0) is 12.8 Å². The van der Waals surface area contributed by atoms with Crippen molar-refractivity contribution in [2.45, 2.75) is 66.7 Å². The average Bonchev–Trinajstić information content (AvgIpc) is 2.97. The van der Waals surface area contributed by atoms with E-state index in [0.717, 1.165) is 41.9 Å². The maximum atomic E-state index is 5.06. The minimum Gasteiger partial charge on any atom is -0.359 e. The minimum absolute atomic E-state index is 0.443. The van der Waals surface area contributed by atoms with Gasteiger partial charge in [-0.2, -0.15) is 0 Å². The monoisotopic (exact) mass is 335 g/mol. The molecule has 3 rings (SSSR count). The lowest BCUT2D eigenvalue weighted by molar-refractivity contribution is 0.807. The van der Waals surface area contributed by atoms with Crippen molar-refractivity contribution in [3.8, 4) is 11.3 Å². The fourth-order valence-electron chi connectivity index (χ4n) is 3.56. The molecule has 3 aromatic rings. The van der Waals surface area contributed by atoms with E-state index in [1.165, 1.54) is 27.8 Å². The van der Waals surface area contributed by atoms with Crippen molar-refractivity contribution in [3.63, 3.8) is 0 Å². The molecule has 25 heavy (non-hydrogen) atoms. The number of hydrogen-bond donors (Lipinski definition) is 1. The number of pyridine rings is 2. The van der Waals surface area contributed by atoms with Gasteiger partial charge in [0.1, 0.15) is 0 Å². The lowest BCUT2D eigenvalue weighted by Gasteiger charge is -2.16. The summed E-state index contributed by atoms with van der Waals surface area (Å²) in [4.78, 5) is 13.4. The lowest BCUT2D eigenvalue weighted by atomic mass is 9.95. The van der Waals surface area contributed by atoms with Gasteiger partial charge in [0.05, 0.1) is 16.7 Å². The molecule has 3 aromatic heterocycles. The number of fused-ring (bicyclic) bond motifs is 1. The van der Waals surface area contributed by atoms with Gasteiger partial charge in [-0.1, -0.05) is 34.1 Å². The molecule has 3 nitrogen and oxygen atoms in total. The van der Waals surface area contributed by atoms with Gasteiger partial charge in [0.25, 0.3) is 0 Å². The second-order valence-electron chi connectivity index (χ2n) is 7.25. The predicted octanol–water partition coefficient (Wildman–Crippen LogP) is 5.88. The number of hydrogen-bond acceptors (Lipinski definition) is 2. The molecular weight excluding hydrogens is 306 g/mol. The average molecular weight is 335 g/mol. The van der Waals surface area contributed by atoms with Crippen molar-refractivity contribution in [1.29, 1.82) is 0 Å². The van der Waals surface area contributed by atoms with Crippen LogP contribution < -0.4 is 0 Å². The Labute approximate surface area is 150 Å². The molecule has 0 aliphatic carbocycles. The van der Waals surface area contributed by atoms with Crippen molar-refractivity contribution >= 4 is 11.0 Å². The number of aromatic amines is 1. The summed E-state index contributed by atoms with van der Waals surface area (Å²) in [6, 6.07) is 4.38. The highest BCUT2D eigenvalue weighted by molar-refractivity contribution is 5.87. The first-order valence-electron chi connectivity index (χ1n) is 9.45. The highest BCUT2D eigenvalue weighted by Gasteiger charge is 2.18. The van der Waals surface area contributed by atoms with Gasteiger partial charge in [-0.05, 0) is 61.4 Å². The molecule has 0 aliphatic rings. The molecule has 0 unspecified atom stereocenters. The molecule has 0 aliphatic heterocycles. The maximum absolute atomic E-state index is 5.06. The zero-order valence-electron chi connectivity index (χ0n) is 16.3. The first-order chi connectivity index (χ1) is 12.0. The lowest BCUT2D eigenvalue weighted by Crippen LogP contribution is -2.03. The number of H-pyrrole nitrogens is 1. The van der Waals surface area contributed by atoms with Gasteiger partial charge in [-0.25, -0.2) is 4.98 Å². The summed E-state index contributed by atoms with van der Waals surface area (Å²) in [7, 11) is 0. The summed E-state index contributed by atoms with van der Waals surface area (Å²) < 4.78 is 0. The molecular formula is C22H29N3. The summed E-state index contributed by atoms with van der Waals surface area (Å²) >= 11 is 0. The summed E-state index contributed by atoms with van der Waals surface area (Å²) in [5.74, 6) is 0.443. The van der Waals surface area contributed by atoms with Crippen LogP contribution in [0.5, 0.6) is 0 Å². The molecule has 0 aromatic carbocycles. The molecule has 3 heteroatoms. The van der Waals surface area contributed by atoms with E-state index in [-0.39, 0.29) is 0 Å². The van der Waals surface area contributed by atoms with Crippen molar-refractivity contribution in [2.24, 2.45) is 0 Å². The molecule has 0 saturated heterocycles. The van der Waals surface area contributed by atoms with Crippen LogP contribution in [0.2, 0.25) is 0 Å². The number of nitrogens with one attached hydrogen (secondary N) is 1. The highest BCUT2D eigenvalue weighted by atomic mass is 14.8. The minimum atomic E-state index is 0.443. The number of rotatable bonds is 5. The van der Waals surface area contributed by atoms with Gasteiger partial charge in [-0.15, -0.1) is 0 Å². The quantitative estimate of drug-likeness (QED) is 0.632. The first kappa shape index (κ1) is 17.7. The van der Waals surface area contributed by atoms with E-state index in [1.54, 1.807) is 0 Å². The molecule has 0 radical (unpaired) electrons. The van der Waals surface area contributed by atoms with Gasteiger partial charge in [-0.3, -0.25) is 4.98 Å². The zero-order chi connectivity index (χ0) is 18.1. The normalized spacial score (nSPS) is 11.6. The molecule has 0 atom stereocenters. The van der Waals surface area contributed by atoms with Gasteiger partial charge in [0.15, 0.2) is 0 Å². The van der Waals surface area contributed by atoms with Gasteiger partial charge >= 0.3 is 0 Å². The predicted molar refractivity (Wildman–Crippen MR) is 106 cm³/mol. The fourth-order valence-corrected chi connectivity index (χ4v) is 3.56. The Balaban J connectivity index is 2.28. The van der Waals surface area contributed by atoms with Crippen molar-refractivity contribution in [3.05, 3.63) is 46.4 Å². The number of aryl methyl sites for hydroxylation is 3. The second kappa shape index (κ2) is 6.99. The largest absolute Gasteiger partial charge is 0.359 e. The van der Waals surface area contributed by atoms with Crippen LogP contribution in [0.1, 0.15) is 68.1 Å². The summed E-state index contributed by atoms with van der Waals surface area (Å²) in [6.45, 7) is 13.1. The standard InChI is InChI=1S/C22H29N3/c1-7-9-16-15(6)21(25-20-14(5)12-23-22(16)20)17-10-11-19(13(3)4)24-18(17)8-2/h10-13,23H,7-9H2,1-6H3. The third-order valence-corrected chi connectivity index (χ3v) is 5.05. The second-order valence-corrected chi connectivity index (χ2v) is 7.25. The van der Waals surface area contributed by atoms with Gasteiger partial charge in [0.2, 0.25) is 0 Å². The molecule has 0 saturated carbocycles. The molecule has 1 N–H and O–H groups in total. The molecule has 0 bridgehead atoms. The Morgan fingerprint density at radius 3 is 2.48 bits per heavy atom. The van der Waals surface area contributed by atoms with E-state index in [2.05, 4.69) is 64.9 Å². The first-order valence-corrected chi connectivity index (χ1v) is 9.45.